The molecule has 3 rings (SSSR count). The Bertz CT molecular complexity index is 599. The first-order valence-corrected chi connectivity index (χ1v) is 14.9. The molecule has 0 N–H and O–H groups in total. The maximum Gasteiger partial charge on any atom is 0.158 e. The molecule has 2 fully saturated rings. The molecule has 1 saturated carbocycles. The monoisotopic (exact) mass is 406 g/mol. The standard InChI is InChI=1S/C25H40F2Si/c1-3-4-5-6-20-7-9-21(10-8-20)11-12-22-15-17-28(2,18-16-22)23-13-14-24(26)25(27)19-23/h13-14,19-22H,3-12,15-18H2,1-2H3/t20-,21-,22-,28-. The van der Waals surface area contributed by atoms with E-state index in [4.69, 9.17) is 0 Å². The number of hydrogen-bond donors (Lipinski definition) is 0. The van der Waals surface area contributed by atoms with Crippen LogP contribution in [-0.4, -0.2) is 8.07 Å². The second-order valence-electron chi connectivity index (χ2n) is 10.1. The zero-order valence-electron chi connectivity index (χ0n) is 18.1. The van der Waals surface area contributed by atoms with Crippen molar-refractivity contribution in [2.24, 2.45) is 17.8 Å². The van der Waals surface area contributed by atoms with Gasteiger partial charge in [-0.25, -0.2) is 8.78 Å². The van der Waals surface area contributed by atoms with Crippen molar-refractivity contribution < 1.29 is 8.78 Å². The number of hydrogen-bond acceptors (Lipinski definition) is 0. The first-order valence-electron chi connectivity index (χ1n) is 12.0. The number of unbranched alkanes of at least 4 members (excludes halogenated alkanes) is 2. The van der Waals surface area contributed by atoms with Crippen molar-refractivity contribution in [3.05, 3.63) is 29.8 Å². The molecule has 158 valence electrons. The summed E-state index contributed by atoms with van der Waals surface area (Å²) in [5, 5.41) is 1.12. The molecule has 28 heavy (non-hydrogen) atoms. The predicted molar refractivity (Wildman–Crippen MR) is 119 cm³/mol. The van der Waals surface area contributed by atoms with Crippen molar-refractivity contribution in [1.29, 1.82) is 0 Å². The van der Waals surface area contributed by atoms with Crippen LogP contribution in [0.3, 0.4) is 0 Å². The summed E-state index contributed by atoms with van der Waals surface area (Å²) in [4.78, 5) is 0. The topological polar surface area (TPSA) is 0 Å². The Morgan fingerprint density at radius 3 is 1.93 bits per heavy atom. The van der Waals surface area contributed by atoms with E-state index >= 15 is 0 Å². The minimum atomic E-state index is -1.61. The Kier molecular flexibility index (Phi) is 8.14. The van der Waals surface area contributed by atoms with Gasteiger partial charge in [0.2, 0.25) is 0 Å². The van der Waals surface area contributed by atoms with E-state index in [9.17, 15) is 8.78 Å². The van der Waals surface area contributed by atoms with Crippen LogP contribution in [0.5, 0.6) is 0 Å². The quantitative estimate of drug-likeness (QED) is 0.305. The van der Waals surface area contributed by atoms with Crippen LogP contribution in [0.1, 0.15) is 84.0 Å². The summed E-state index contributed by atoms with van der Waals surface area (Å²) in [6, 6.07) is 7.15. The summed E-state index contributed by atoms with van der Waals surface area (Å²) < 4.78 is 26.9. The van der Waals surface area contributed by atoms with Gasteiger partial charge in [0, 0.05) is 0 Å². The van der Waals surface area contributed by atoms with Crippen molar-refractivity contribution in [3.8, 4) is 0 Å². The van der Waals surface area contributed by atoms with Crippen molar-refractivity contribution in [3.63, 3.8) is 0 Å². The predicted octanol–water partition coefficient (Wildman–Crippen LogP) is 7.83. The van der Waals surface area contributed by atoms with Gasteiger partial charge in [0.15, 0.2) is 11.6 Å². The third-order valence-corrected chi connectivity index (χ3v) is 12.5. The molecule has 1 aliphatic carbocycles. The molecule has 2 aliphatic rings. The van der Waals surface area contributed by atoms with Gasteiger partial charge in [-0.2, -0.15) is 0 Å². The molecule has 0 spiro atoms. The first kappa shape index (κ1) is 22.0. The highest BCUT2D eigenvalue weighted by atomic mass is 28.3. The highest BCUT2D eigenvalue weighted by Crippen LogP contribution is 2.39. The Balaban J connectivity index is 1.37. The minimum Gasteiger partial charge on any atom is -0.204 e. The van der Waals surface area contributed by atoms with Gasteiger partial charge in [0.05, 0.1) is 8.07 Å². The molecule has 0 atom stereocenters. The third kappa shape index (κ3) is 5.90. The Morgan fingerprint density at radius 2 is 1.36 bits per heavy atom. The Labute approximate surface area is 172 Å². The van der Waals surface area contributed by atoms with Crippen LogP contribution in [0.4, 0.5) is 8.78 Å². The lowest BCUT2D eigenvalue weighted by molar-refractivity contribution is 0.234. The van der Waals surface area contributed by atoms with Crippen LogP contribution in [0.2, 0.25) is 18.6 Å². The molecule has 0 amide bonds. The van der Waals surface area contributed by atoms with Crippen LogP contribution in [0.15, 0.2) is 18.2 Å². The van der Waals surface area contributed by atoms with E-state index in [0.717, 1.165) is 22.9 Å². The van der Waals surface area contributed by atoms with Gasteiger partial charge in [-0.05, 0) is 29.9 Å². The van der Waals surface area contributed by atoms with Crippen LogP contribution in [-0.2, 0) is 0 Å². The Morgan fingerprint density at radius 1 is 0.786 bits per heavy atom. The van der Waals surface area contributed by atoms with E-state index in [2.05, 4.69) is 13.5 Å². The fourth-order valence-electron chi connectivity index (χ4n) is 5.73. The summed E-state index contributed by atoms with van der Waals surface area (Å²) in [7, 11) is -1.61. The molecular weight excluding hydrogens is 366 g/mol. The van der Waals surface area contributed by atoms with E-state index in [1.807, 2.05) is 6.07 Å². The normalized spacial score (nSPS) is 31.1. The van der Waals surface area contributed by atoms with Gasteiger partial charge in [-0.3, -0.25) is 0 Å². The van der Waals surface area contributed by atoms with Gasteiger partial charge in [0.1, 0.15) is 0 Å². The third-order valence-electron chi connectivity index (χ3n) is 7.99. The lowest BCUT2D eigenvalue weighted by Gasteiger charge is -2.37. The van der Waals surface area contributed by atoms with Crippen LogP contribution < -0.4 is 5.19 Å². The van der Waals surface area contributed by atoms with E-state index in [0.29, 0.717) is 0 Å². The zero-order valence-corrected chi connectivity index (χ0v) is 19.1. The van der Waals surface area contributed by atoms with E-state index in [-0.39, 0.29) is 0 Å². The second kappa shape index (κ2) is 10.4. The van der Waals surface area contributed by atoms with Crippen LogP contribution in [0.25, 0.3) is 0 Å². The van der Waals surface area contributed by atoms with E-state index in [1.165, 1.54) is 101 Å². The molecule has 1 saturated heterocycles. The summed E-state index contributed by atoms with van der Waals surface area (Å²) >= 11 is 0. The average Bonchev–Trinajstić information content (AvgIpc) is 2.71. The highest BCUT2D eigenvalue weighted by molar-refractivity contribution is 6.91. The van der Waals surface area contributed by atoms with Crippen LogP contribution >= 0.6 is 0 Å². The molecule has 1 aromatic rings. The van der Waals surface area contributed by atoms with Crippen LogP contribution in [0, 0.1) is 29.4 Å². The van der Waals surface area contributed by atoms with E-state index in [1.54, 1.807) is 0 Å². The number of halogens is 2. The summed E-state index contributed by atoms with van der Waals surface area (Å²) in [5.74, 6) is 1.47. The maximum absolute atomic E-state index is 13.7. The van der Waals surface area contributed by atoms with E-state index < -0.39 is 19.7 Å². The summed E-state index contributed by atoms with van der Waals surface area (Å²) in [6.07, 6.45) is 17.0. The summed E-state index contributed by atoms with van der Waals surface area (Å²) in [6.45, 7) is 4.67. The molecule has 3 heteroatoms. The molecule has 1 aromatic carbocycles. The van der Waals surface area contributed by atoms with Crippen molar-refractivity contribution >= 4 is 13.3 Å². The van der Waals surface area contributed by atoms with Gasteiger partial charge in [-0.1, -0.05) is 114 Å². The maximum atomic E-state index is 13.7. The van der Waals surface area contributed by atoms with Gasteiger partial charge < -0.3 is 0 Å². The van der Waals surface area contributed by atoms with Crippen molar-refractivity contribution in [2.75, 3.05) is 0 Å². The van der Waals surface area contributed by atoms with Crippen molar-refractivity contribution in [1.82, 2.24) is 0 Å². The highest BCUT2D eigenvalue weighted by Gasteiger charge is 2.35. The summed E-state index contributed by atoms with van der Waals surface area (Å²) in [5.41, 5.74) is 0. The van der Waals surface area contributed by atoms with Crippen molar-refractivity contribution in [2.45, 2.75) is 103 Å². The lowest BCUT2D eigenvalue weighted by atomic mass is 9.77. The minimum absolute atomic E-state index is 0.668. The Hall–Kier alpha value is -0.703. The molecule has 0 aromatic heterocycles. The zero-order chi connectivity index (χ0) is 20.0. The molecule has 0 nitrogen and oxygen atoms in total. The van der Waals surface area contributed by atoms with Gasteiger partial charge in [0.25, 0.3) is 0 Å². The molecule has 0 radical (unpaired) electrons. The molecule has 1 heterocycles. The largest absolute Gasteiger partial charge is 0.204 e. The first-order chi connectivity index (χ1) is 13.5. The molecular formula is C25H40F2Si. The lowest BCUT2D eigenvalue weighted by Crippen LogP contribution is -2.47. The smallest absolute Gasteiger partial charge is 0.158 e. The fraction of sp³-hybridized carbons (Fsp3) is 0.760. The average molecular weight is 407 g/mol. The molecule has 0 bridgehead atoms. The number of rotatable bonds is 8. The fourth-order valence-corrected chi connectivity index (χ4v) is 9.61. The van der Waals surface area contributed by atoms with Gasteiger partial charge >= 0.3 is 0 Å². The second-order valence-corrected chi connectivity index (χ2v) is 14.8. The molecule has 0 unspecified atom stereocenters. The van der Waals surface area contributed by atoms with Gasteiger partial charge in [-0.15, -0.1) is 0 Å². The SMILES string of the molecule is CCCCC[C@H]1CC[C@H](CC[C@H]2CC[Si@](C)(c3ccc(F)c(F)c3)CC2)CC1. The molecule has 1 aliphatic heterocycles. The number of benzene rings is 1.